The zero-order chi connectivity index (χ0) is 13.9. The van der Waals surface area contributed by atoms with E-state index in [0.717, 1.165) is 10.4 Å². The molecule has 0 bridgehead atoms. The molecule has 0 unspecified atom stereocenters. The second-order valence-electron chi connectivity index (χ2n) is 4.36. The van der Waals surface area contributed by atoms with E-state index in [1.807, 2.05) is 12.1 Å². The number of amides is 1. The predicted octanol–water partition coefficient (Wildman–Crippen LogP) is 2.33. The lowest BCUT2D eigenvalue weighted by Crippen LogP contribution is -2.41. The summed E-state index contributed by atoms with van der Waals surface area (Å²) in [5.74, 6) is -0.0907. The average molecular weight is 310 g/mol. The Morgan fingerprint density at radius 3 is 2.65 bits per heavy atom. The van der Waals surface area contributed by atoms with Crippen molar-refractivity contribution in [2.45, 2.75) is 0 Å². The van der Waals surface area contributed by atoms with Gasteiger partial charge in [-0.15, -0.1) is 5.10 Å². The summed E-state index contributed by atoms with van der Waals surface area (Å²) in [4.78, 5) is 15.0. The Balaban J connectivity index is 1.89. The summed E-state index contributed by atoms with van der Waals surface area (Å²) in [5, 5.41) is 4.65. The summed E-state index contributed by atoms with van der Waals surface area (Å²) in [6, 6.07) is 7.32. The molecule has 0 atom stereocenters. The first-order valence-corrected chi connectivity index (χ1v) is 7.36. The molecule has 1 aromatic heterocycles. The van der Waals surface area contributed by atoms with Crippen LogP contribution in [0, 0.1) is 0 Å². The van der Waals surface area contributed by atoms with Gasteiger partial charge < -0.3 is 9.64 Å². The van der Waals surface area contributed by atoms with Crippen LogP contribution in [-0.2, 0) is 4.74 Å². The van der Waals surface area contributed by atoms with E-state index >= 15 is 0 Å². The smallest absolute Gasteiger partial charge is 0.276 e. The molecule has 20 heavy (non-hydrogen) atoms. The van der Waals surface area contributed by atoms with Gasteiger partial charge in [-0.05, 0) is 29.2 Å². The molecular weight excluding hydrogens is 298 g/mol. The highest BCUT2D eigenvalue weighted by atomic mass is 35.5. The SMILES string of the molecule is O=C(c1nnsc1-c1ccc(Cl)cc1)N1CCOCC1. The lowest BCUT2D eigenvalue weighted by Gasteiger charge is -2.26. The van der Waals surface area contributed by atoms with Crippen molar-refractivity contribution in [3.8, 4) is 10.4 Å². The van der Waals surface area contributed by atoms with Crippen LogP contribution in [0.1, 0.15) is 10.5 Å². The highest BCUT2D eigenvalue weighted by Crippen LogP contribution is 2.28. The van der Waals surface area contributed by atoms with Gasteiger partial charge in [0.1, 0.15) is 0 Å². The Labute approximate surface area is 125 Å². The zero-order valence-electron chi connectivity index (χ0n) is 10.6. The number of carbonyl (C=O) groups excluding carboxylic acids is 1. The minimum atomic E-state index is -0.0907. The fourth-order valence-electron chi connectivity index (χ4n) is 2.04. The molecule has 1 aliphatic heterocycles. The van der Waals surface area contributed by atoms with Crippen LogP contribution < -0.4 is 0 Å². The molecule has 7 heteroatoms. The number of hydrogen-bond acceptors (Lipinski definition) is 5. The Morgan fingerprint density at radius 2 is 1.95 bits per heavy atom. The first-order valence-electron chi connectivity index (χ1n) is 6.21. The van der Waals surface area contributed by atoms with Crippen molar-refractivity contribution in [2.75, 3.05) is 26.3 Å². The average Bonchev–Trinajstić information content (AvgIpc) is 2.97. The van der Waals surface area contributed by atoms with Crippen molar-refractivity contribution in [1.82, 2.24) is 14.5 Å². The minimum Gasteiger partial charge on any atom is -0.378 e. The van der Waals surface area contributed by atoms with Gasteiger partial charge in [-0.3, -0.25) is 4.79 Å². The van der Waals surface area contributed by atoms with E-state index in [0.29, 0.717) is 37.0 Å². The van der Waals surface area contributed by atoms with Gasteiger partial charge in [0.15, 0.2) is 5.69 Å². The second-order valence-corrected chi connectivity index (χ2v) is 5.55. The van der Waals surface area contributed by atoms with Gasteiger partial charge in [0.2, 0.25) is 0 Å². The lowest BCUT2D eigenvalue weighted by atomic mass is 10.1. The number of halogens is 1. The Kier molecular flexibility index (Phi) is 3.95. The predicted molar refractivity (Wildman–Crippen MR) is 77.1 cm³/mol. The standard InChI is InChI=1S/C13H12ClN3O2S/c14-10-3-1-9(2-4-10)12-11(15-16-20-12)13(18)17-5-7-19-8-6-17/h1-4H,5-8H2. The van der Waals surface area contributed by atoms with E-state index < -0.39 is 0 Å². The van der Waals surface area contributed by atoms with Gasteiger partial charge in [-0.25, -0.2) is 0 Å². The van der Waals surface area contributed by atoms with E-state index in [1.54, 1.807) is 17.0 Å². The maximum absolute atomic E-state index is 12.5. The molecule has 1 amide bonds. The van der Waals surface area contributed by atoms with Crippen LogP contribution in [0.5, 0.6) is 0 Å². The zero-order valence-corrected chi connectivity index (χ0v) is 12.2. The van der Waals surface area contributed by atoms with E-state index in [4.69, 9.17) is 16.3 Å². The number of carbonyl (C=O) groups is 1. The van der Waals surface area contributed by atoms with Crippen molar-refractivity contribution in [2.24, 2.45) is 0 Å². The molecule has 2 heterocycles. The normalized spacial score (nSPS) is 15.3. The number of benzene rings is 1. The maximum atomic E-state index is 12.5. The Morgan fingerprint density at radius 1 is 1.25 bits per heavy atom. The molecule has 0 saturated carbocycles. The highest BCUT2D eigenvalue weighted by molar-refractivity contribution is 7.09. The van der Waals surface area contributed by atoms with Crippen LogP contribution in [0.2, 0.25) is 5.02 Å². The van der Waals surface area contributed by atoms with E-state index in [2.05, 4.69) is 9.59 Å². The minimum absolute atomic E-state index is 0.0907. The van der Waals surface area contributed by atoms with Crippen molar-refractivity contribution < 1.29 is 9.53 Å². The summed E-state index contributed by atoms with van der Waals surface area (Å²) in [6.07, 6.45) is 0. The molecule has 5 nitrogen and oxygen atoms in total. The Hall–Kier alpha value is -1.50. The van der Waals surface area contributed by atoms with Crippen molar-refractivity contribution in [3.05, 3.63) is 35.0 Å². The maximum Gasteiger partial charge on any atom is 0.276 e. The van der Waals surface area contributed by atoms with Crippen LogP contribution >= 0.6 is 23.1 Å². The van der Waals surface area contributed by atoms with Crippen LogP contribution in [0.25, 0.3) is 10.4 Å². The third-order valence-electron chi connectivity index (χ3n) is 3.10. The third kappa shape index (κ3) is 2.67. The van der Waals surface area contributed by atoms with Crippen molar-refractivity contribution >= 4 is 29.0 Å². The van der Waals surface area contributed by atoms with Gasteiger partial charge in [-0.2, -0.15) is 0 Å². The van der Waals surface area contributed by atoms with E-state index in [1.165, 1.54) is 11.5 Å². The molecular formula is C13H12ClN3O2S. The number of nitrogens with zero attached hydrogens (tertiary/aromatic N) is 3. The largest absolute Gasteiger partial charge is 0.378 e. The molecule has 0 aliphatic carbocycles. The lowest BCUT2D eigenvalue weighted by molar-refractivity contribution is 0.0299. The fraction of sp³-hybridized carbons (Fsp3) is 0.308. The summed E-state index contributed by atoms with van der Waals surface area (Å²) >= 11 is 7.10. The molecule has 2 aromatic rings. The summed E-state index contributed by atoms with van der Waals surface area (Å²) in [5.41, 5.74) is 1.31. The number of rotatable bonds is 2. The number of hydrogen-bond donors (Lipinski definition) is 0. The van der Waals surface area contributed by atoms with Crippen molar-refractivity contribution in [1.29, 1.82) is 0 Å². The van der Waals surface area contributed by atoms with Crippen LogP contribution in [0.15, 0.2) is 24.3 Å². The topological polar surface area (TPSA) is 55.3 Å². The number of ether oxygens (including phenoxy) is 1. The van der Waals surface area contributed by atoms with Gasteiger partial charge in [0.05, 0.1) is 18.1 Å². The van der Waals surface area contributed by atoms with Gasteiger partial charge in [-0.1, -0.05) is 28.2 Å². The van der Waals surface area contributed by atoms with Gasteiger partial charge >= 0.3 is 0 Å². The summed E-state index contributed by atoms with van der Waals surface area (Å²) < 4.78 is 9.17. The molecule has 1 fully saturated rings. The van der Waals surface area contributed by atoms with Gasteiger partial charge in [0.25, 0.3) is 5.91 Å². The van der Waals surface area contributed by atoms with Crippen LogP contribution in [0.4, 0.5) is 0 Å². The third-order valence-corrected chi connectivity index (χ3v) is 4.12. The monoisotopic (exact) mass is 309 g/mol. The molecule has 1 aromatic carbocycles. The molecule has 3 rings (SSSR count). The molecule has 0 N–H and O–H groups in total. The number of aromatic nitrogens is 2. The summed E-state index contributed by atoms with van der Waals surface area (Å²) in [6.45, 7) is 2.33. The summed E-state index contributed by atoms with van der Waals surface area (Å²) in [7, 11) is 0. The van der Waals surface area contributed by atoms with E-state index in [-0.39, 0.29) is 5.91 Å². The molecule has 104 valence electrons. The van der Waals surface area contributed by atoms with Crippen LogP contribution in [0.3, 0.4) is 0 Å². The first kappa shape index (κ1) is 13.5. The molecule has 0 spiro atoms. The fourth-order valence-corrected chi connectivity index (χ4v) is 2.82. The molecule has 1 aliphatic rings. The van der Waals surface area contributed by atoms with E-state index in [9.17, 15) is 4.79 Å². The first-order chi connectivity index (χ1) is 9.75. The molecule has 1 saturated heterocycles. The number of morpholine rings is 1. The van der Waals surface area contributed by atoms with Crippen molar-refractivity contribution in [3.63, 3.8) is 0 Å². The Bertz CT molecular complexity index is 608. The van der Waals surface area contributed by atoms with Crippen LogP contribution in [-0.4, -0.2) is 46.7 Å². The second kappa shape index (κ2) is 5.87. The highest BCUT2D eigenvalue weighted by Gasteiger charge is 2.24. The quantitative estimate of drug-likeness (QED) is 0.854. The van der Waals surface area contributed by atoms with Gasteiger partial charge in [0, 0.05) is 18.1 Å². The molecule has 0 radical (unpaired) electrons.